The Kier molecular flexibility index (Phi) is 11.6. The molecule has 0 saturated carbocycles. The summed E-state index contributed by atoms with van der Waals surface area (Å²) in [4.78, 5) is 11.5. The zero-order valence-corrected chi connectivity index (χ0v) is 15.5. The van der Waals surface area contributed by atoms with Gasteiger partial charge in [-0.1, -0.05) is 86.7 Å². The van der Waals surface area contributed by atoms with Crippen LogP contribution in [0.1, 0.15) is 45.1 Å². The summed E-state index contributed by atoms with van der Waals surface area (Å²) in [6.45, 7) is 4.89. The van der Waals surface area contributed by atoms with E-state index in [4.69, 9.17) is 0 Å². The topological polar surface area (TPSA) is 29.1 Å². The second-order valence-electron chi connectivity index (χ2n) is 6.41. The summed E-state index contributed by atoms with van der Waals surface area (Å²) in [6, 6.07) is 10.3. The fourth-order valence-electron chi connectivity index (χ4n) is 2.11. The van der Waals surface area contributed by atoms with E-state index in [0.29, 0.717) is 5.92 Å². The van der Waals surface area contributed by atoms with Crippen molar-refractivity contribution in [3.63, 3.8) is 0 Å². The second kappa shape index (κ2) is 14.0. The summed E-state index contributed by atoms with van der Waals surface area (Å²) >= 11 is 0. The maximum absolute atomic E-state index is 11.5. The normalized spacial score (nSPS) is 12.3. The third-order valence-corrected chi connectivity index (χ3v) is 3.51. The van der Waals surface area contributed by atoms with Gasteiger partial charge in [-0.25, -0.2) is 0 Å². The summed E-state index contributed by atoms with van der Waals surface area (Å²) in [5.41, 5.74) is 1.23. The molecular formula is C23H31NO. The first-order valence-corrected chi connectivity index (χ1v) is 9.18. The van der Waals surface area contributed by atoms with Gasteiger partial charge < -0.3 is 5.32 Å². The Bertz CT molecular complexity index is 579. The van der Waals surface area contributed by atoms with Crippen LogP contribution >= 0.6 is 0 Å². The van der Waals surface area contributed by atoms with E-state index in [9.17, 15) is 4.79 Å². The Labute approximate surface area is 153 Å². The molecule has 0 aromatic heterocycles. The maximum Gasteiger partial charge on any atom is 0.243 e. The standard InChI is InChI=1S/C23H31NO/c1-21(2)20-24-23(25)19-15-10-8-6-4-3-5-7-9-12-16-22-17-13-11-14-18-22/h7-19,21H,3-6,20H2,1-2H3,(H,24,25)/b9-7+,10-8+,16-12+,19-15+. The van der Waals surface area contributed by atoms with Gasteiger partial charge in [0.05, 0.1) is 0 Å². The van der Waals surface area contributed by atoms with E-state index < -0.39 is 0 Å². The number of hydrogen-bond acceptors (Lipinski definition) is 1. The molecule has 25 heavy (non-hydrogen) atoms. The number of carbonyl (C=O) groups is 1. The highest BCUT2D eigenvalue weighted by atomic mass is 16.1. The minimum Gasteiger partial charge on any atom is -0.352 e. The molecule has 1 N–H and O–H groups in total. The van der Waals surface area contributed by atoms with Gasteiger partial charge in [0.25, 0.3) is 0 Å². The molecule has 1 aromatic rings. The fourth-order valence-corrected chi connectivity index (χ4v) is 2.11. The second-order valence-corrected chi connectivity index (χ2v) is 6.41. The fraction of sp³-hybridized carbons (Fsp3) is 0.348. The molecule has 0 unspecified atom stereocenters. The van der Waals surface area contributed by atoms with E-state index in [1.807, 2.05) is 30.4 Å². The van der Waals surface area contributed by atoms with Crippen molar-refractivity contribution >= 4 is 12.0 Å². The van der Waals surface area contributed by atoms with E-state index in [1.54, 1.807) is 6.08 Å². The van der Waals surface area contributed by atoms with Crippen molar-refractivity contribution in [2.45, 2.75) is 39.5 Å². The van der Waals surface area contributed by atoms with Gasteiger partial charge in [0.2, 0.25) is 5.91 Å². The number of hydrogen-bond donors (Lipinski definition) is 1. The van der Waals surface area contributed by atoms with E-state index in [0.717, 1.165) is 25.8 Å². The third-order valence-electron chi connectivity index (χ3n) is 3.51. The van der Waals surface area contributed by atoms with Crippen molar-refractivity contribution < 1.29 is 4.79 Å². The lowest BCUT2D eigenvalue weighted by atomic mass is 10.1. The van der Waals surface area contributed by atoms with Gasteiger partial charge in [0, 0.05) is 12.6 Å². The van der Waals surface area contributed by atoms with Gasteiger partial charge in [0.1, 0.15) is 0 Å². The average molecular weight is 338 g/mol. The van der Waals surface area contributed by atoms with Crippen LogP contribution in [0.2, 0.25) is 0 Å². The van der Waals surface area contributed by atoms with Crippen LogP contribution in [0.25, 0.3) is 6.08 Å². The summed E-state index contributed by atoms with van der Waals surface area (Å²) in [5, 5.41) is 2.86. The zero-order chi connectivity index (χ0) is 18.2. The Morgan fingerprint density at radius 2 is 1.60 bits per heavy atom. The van der Waals surface area contributed by atoms with Crippen molar-refractivity contribution in [1.29, 1.82) is 0 Å². The van der Waals surface area contributed by atoms with E-state index in [2.05, 4.69) is 61.7 Å². The molecule has 0 fully saturated rings. The van der Waals surface area contributed by atoms with Gasteiger partial charge in [-0.05, 0) is 37.2 Å². The van der Waals surface area contributed by atoms with Crippen LogP contribution < -0.4 is 5.32 Å². The average Bonchev–Trinajstić information content (AvgIpc) is 2.61. The van der Waals surface area contributed by atoms with Gasteiger partial charge in [-0.3, -0.25) is 4.79 Å². The third kappa shape index (κ3) is 12.7. The Hall–Kier alpha value is -2.35. The van der Waals surface area contributed by atoms with Crippen LogP contribution in [0.15, 0.2) is 72.9 Å². The van der Waals surface area contributed by atoms with Gasteiger partial charge in [0.15, 0.2) is 0 Å². The molecule has 2 nitrogen and oxygen atoms in total. The lowest BCUT2D eigenvalue weighted by Gasteiger charge is -2.03. The number of unbranched alkanes of at least 4 members (excludes halogenated alkanes) is 3. The first-order chi connectivity index (χ1) is 12.2. The Morgan fingerprint density at radius 1 is 0.960 bits per heavy atom. The van der Waals surface area contributed by atoms with Crippen LogP contribution in [-0.4, -0.2) is 12.5 Å². The highest BCUT2D eigenvalue weighted by molar-refractivity contribution is 5.87. The lowest BCUT2D eigenvalue weighted by Crippen LogP contribution is -2.25. The van der Waals surface area contributed by atoms with Crippen molar-refractivity contribution in [3.8, 4) is 0 Å². The highest BCUT2D eigenvalue weighted by Gasteiger charge is 1.95. The van der Waals surface area contributed by atoms with E-state index >= 15 is 0 Å². The van der Waals surface area contributed by atoms with Crippen LogP contribution in [-0.2, 0) is 4.79 Å². The predicted octanol–water partition coefficient (Wildman–Crippen LogP) is 5.70. The minimum atomic E-state index is -0.0213. The van der Waals surface area contributed by atoms with Crippen LogP contribution in [0.5, 0.6) is 0 Å². The van der Waals surface area contributed by atoms with Gasteiger partial charge in [-0.15, -0.1) is 0 Å². The van der Waals surface area contributed by atoms with Crippen LogP contribution in [0, 0.1) is 5.92 Å². The first-order valence-electron chi connectivity index (χ1n) is 9.18. The number of benzene rings is 1. The minimum absolute atomic E-state index is 0.0213. The van der Waals surface area contributed by atoms with Gasteiger partial charge in [-0.2, -0.15) is 0 Å². The van der Waals surface area contributed by atoms with Gasteiger partial charge >= 0.3 is 0 Å². The number of allylic oxidation sites excluding steroid dienone is 6. The quantitative estimate of drug-likeness (QED) is 0.313. The number of amides is 1. The largest absolute Gasteiger partial charge is 0.352 e. The van der Waals surface area contributed by atoms with Crippen molar-refractivity contribution in [1.82, 2.24) is 5.32 Å². The van der Waals surface area contributed by atoms with Crippen molar-refractivity contribution in [2.24, 2.45) is 5.92 Å². The SMILES string of the molecule is CC(C)CNC(=O)/C=C/C=C/CCCC/C=C/C=C/c1ccccc1. The highest BCUT2D eigenvalue weighted by Crippen LogP contribution is 2.04. The molecular weight excluding hydrogens is 306 g/mol. The van der Waals surface area contributed by atoms with Crippen LogP contribution in [0.4, 0.5) is 0 Å². The smallest absolute Gasteiger partial charge is 0.243 e. The summed E-state index contributed by atoms with van der Waals surface area (Å²) in [5.74, 6) is 0.461. The molecule has 0 aliphatic rings. The van der Waals surface area contributed by atoms with Crippen LogP contribution in [0.3, 0.4) is 0 Å². The summed E-state index contributed by atoms with van der Waals surface area (Å²) in [7, 11) is 0. The monoisotopic (exact) mass is 337 g/mol. The number of rotatable bonds is 11. The molecule has 0 radical (unpaired) electrons. The zero-order valence-electron chi connectivity index (χ0n) is 15.5. The molecule has 1 rings (SSSR count). The molecule has 2 heteroatoms. The molecule has 1 aromatic carbocycles. The predicted molar refractivity (Wildman–Crippen MR) is 109 cm³/mol. The van der Waals surface area contributed by atoms with E-state index in [1.165, 1.54) is 12.0 Å². The molecule has 134 valence electrons. The molecule has 0 spiro atoms. The maximum atomic E-state index is 11.5. The Morgan fingerprint density at radius 3 is 2.24 bits per heavy atom. The number of carbonyl (C=O) groups excluding carboxylic acids is 1. The molecule has 0 bridgehead atoms. The van der Waals surface area contributed by atoms with Crippen molar-refractivity contribution in [2.75, 3.05) is 6.54 Å². The molecule has 0 atom stereocenters. The number of nitrogens with one attached hydrogen (secondary N) is 1. The van der Waals surface area contributed by atoms with Crippen molar-refractivity contribution in [3.05, 3.63) is 78.4 Å². The lowest BCUT2D eigenvalue weighted by molar-refractivity contribution is -0.116. The first kappa shape index (κ1) is 20.7. The summed E-state index contributed by atoms with van der Waals surface area (Å²) in [6.07, 6.45) is 20.5. The molecule has 0 aliphatic carbocycles. The molecule has 0 heterocycles. The Balaban J connectivity index is 2.03. The van der Waals surface area contributed by atoms with E-state index in [-0.39, 0.29) is 5.91 Å². The summed E-state index contributed by atoms with van der Waals surface area (Å²) < 4.78 is 0. The molecule has 1 amide bonds. The molecule has 0 saturated heterocycles. The molecule has 0 aliphatic heterocycles.